The van der Waals surface area contributed by atoms with E-state index in [0.29, 0.717) is 0 Å². The van der Waals surface area contributed by atoms with E-state index in [1.54, 1.807) is 0 Å². The number of nitrogens with zero attached hydrogens (tertiary/aromatic N) is 1. The lowest BCUT2D eigenvalue weighted by Crippen LogP contribution is -2.30. The van der Waals surface area contributed by atoms with E-state index in [2.05, 4.69) is 4.90 Å². The van der Waals surface area contributed by atoms with Gasteiger partial charge in [0, 0.05) is 25.0 Å². The summed E-state index contributed by atoms with van der Waals surface area (Å²) < 4.78 is 12.0. The van der Waals surface area contributed by atoms with Gasteiger partial charge in [0.1, 0.15) is 0 Å². The molecule has 3 heteroatoms. The molecule has 0 aromatic heterocycles. The molecule has 54 valence electrons. The highest BCUT2D eigenvalue weighted by molar-refractivity contribution is 4.84. The maximum absolute atomic E-state index is 12.0. The number of alkyl halides is 1. The molecule has 1 aliphatic rings. The summed E-state index contributed by atoms with van der Waals surface area (Å²) in [7, 11) is 1.97. The summed E-state index contributed by atoms with van der Waals surface area (Å²) in [5, 5.41) is 0. The highest BCUT2D eigenvalue weighted by atomic mass is 19.1. The van der Waals surface area contributed by atoms with Crippen LogP contribution in [-0.4, -0.2) is 37.8 Å². The van der Waals surface area contributed by atoms with Crippen LogP contribution >= 0.6 is 0 Å². The lowest BCUT2D eigenvalue weighted by atomic mass is 10.1. The van der Waals surface area contributed by atoms with Gasteiger partial charge in [0.2, 0.25) is 0 Å². The molecule has 0 aromatic carbocycles. The van der Waals surface area contributed by atoms with Gasteiger partial charge in [0.25, 0.3) is 0 Å². The first-order valence-corrected chi connectivity index (χ1v) is 3.24. The molecule has 0 saturated carbocycles. The molecule has 2 atom stereocenters. The summed E-state index contributed by atoms with van der Waals surface area (Å²) >= 11 is 0. The van der Waals surface area contributed by atoms with Crippen LogP contribution in [0.3, 0.4) is 0 Å². The zero-order chi connectivity index (χ0) is 6.85. The van der Waals surface area contributed by atoms with Gasteiger partial charge in [-0.1, -0.05) is 0 Å². The van der Waals surface area contributed by atoms with Crippen LogP contribution in [0.5, 0.6) is 0 Å². The minimum absolute atomic E-state index is 0.0556. The van der Waals surface area contributed by atoms with E-state index in [4.69, 9.17) is 5.73 Å². The van der Waals surface area contributed by atoms with Crippen LogP contribution in [0.2, 0.25) is 0 Å². The molecular weight excluding hydrogens is 119 g/mol. The van der Waals surface area contributed by atoms with Crippen molar-refractivity contribution in [1.29, 1.82) is 0 Å². The minimum atomic E-state index is -0.272. The Morgan fingerprint density at radius 3 is 2.56 bits per heavy atom. The monoisotopic (exact) mass is 132 g/mol. The Labute approximate surface area is 54.8 Å². The first kappa shape index (κ1) is 6.96. The van der Waals surface area contributed by atoms with E-state index in [0.717, 1.165) is 13.1 Å². The standard InChI is InChI=1S/C6H13FN2/c1-9-3-5(2-7)6(8)4-9/h5-6H,2-4,8H2,1H3/t5-,6+/m0/s1. The first-order valence-electron chi connectivity index (χ1n) is 3.24. The first-order chi connectivity index (χ1) is 4.24. The van der Waals surface area contributed by atoms with E-state index in [1.807, 2.05) is 7.05 Å². The predicted molar refractivity (Wildman–Crippen MR) is 34.9 cm³/mol. The fraction of sp³-hybridized carbons (Fsp3) is 1.00. The van der Waals surface area contributed by atoms with Crippen LogP contribution in [0.4, 0.5) is 4.39 Å². The van der Waals surface area contributed by atoms with Gasteiger partial charge in [0.15, 0.2) is 0 Å². The molecular formula is C6H13FN2. The van der Waals surface area contributed by atoms with Gasteiger partial charge in [-0.2, -0.15) is 0 Å². The summed E-state index contributed by atoms with van der Waals surface area (Å²) in [6.07, 6.45) is 0. The molecule has 9 heavy (non-hydrogen) atoms. The molecule has 1 rings (SSSR count). The maximum atomic E-state index is 12.0. The van der Waals surface area contributed by atoms with Crippen molar-refractivity contribution in [3.8, 4) is 0 Å². The van der Waals surface area contributed by atoms with Gasteiger partial charge in [-0.25, -0.2) is 0 Å². The lowest BCUT2D eigenvalue weighted by Gasteiger charge is -2.06. The van der Waals surface area contributed by atoms with Gasteiger partial charge < -0.3 is 10.6 Å². The number of hydrogen-bond acceptors (Lipinski definition) is 2. The van der Waals surface area contributed by atoms with Crippen molar-refractivity contribution in [3.05, 3.63) is 0 Å². The van der Waals surface area contributed by atoms with Gasteiger partial charge >= 0.3 is 0 Å². The van der Waals surface area contributed by atoms with Crippen molar-refractivity contribution in [3.63, 3.8) is 0 Å². The van der Waals surface area contributed by atoms with Gasteiger partial charge in [-0.3, -0.25) is 4.39 Å². The highest BCUT2D eigenvalue weighted by Crippen LogP contribution is 2.12. The van der Waals surface area contributed by atoms with Crippen LogP contribution in [0.15, 0.2) is 0 Å². The second-order valence-electron chi connectivity index (χ2n) is 2.80. The molecule has 0 radical (unpaired) electrons. The summed E-state index contributed by atoms with van der Waals surface area (Å²) in [5.74, 6) is 0.0787. The van der Waals surface area contributed by atoms with Crippen molar-refractivity contribution in [2.24, 2.45) is 11.7 Å². The van der Waals surface area contributed by atoms with Gasteiger partial charge in [0.05, 0.1) is 6.67 Å². The van der Waals surface area contributed by atoms with E-state index >= 15 is 0 Å². The minimum Gasteiger partial charge on any atom is -0.326 e. The third-order valence-electron chi connectivity index (χ3n) is 1.87. The zero-order valence-corrected chi connectivity index (χ0v) is 5.68. The van der Waals surface area contributed by atoms with Crippen molar-refractivity contribution in [2.75, 3.05) is 26.8 Å². The summed E-state index contributed by atoms with van der Waals surface area (Å²) in [6.45, 7) is 1.39. The normalized spacial score (nSPS) is 37.7. The average molecular weight is 132 g/mol. The fourth-order valence-electron chi connectivity index (χ4n) is 1.28. The van der Waals surface area contributed by atoms with E-state index in [-0.39, 0.29) is 18.6 Å². The Hall–Kier alpha value is -0.150. The summed E-state index contributed by atoms with van der Waals surface area (Å²) in [4.78, 5) is 2.06. The third kappa shape index (κ3) is 1.40. The molecule has 1 aliphatic heterocycles. The number of hydrogen-bond donors (Lipinski definition) is 1. The van der Waals surface area contributed by atoms with E-state index in [9.17, 15) is 4.39 Å². The number of likely N-dealkylation sites (N-methyl/N-ethyl adjacent to an activating group) is 1. The molecule has 0 aromatic rings. The topological polar surface area (TPSA) is 29.3 Å². The molecule has 0 aliphatic carbocycles. The second kappa shape index (κ2) is 2.62. The molecule has 0 amide bonds. The number of rotatable bonds is 1. The van der Waals surface area contributed by atoms with Crippen LogP contribution in [0, 0.1) is 5.92 Å². The molecule has 2 N–H and O–H groups in total. The average Bonchev–Trinajstić information content (AvgIpc) is 2.10. The molecule has 1 fully saturated rings. The van der Waals surface area contributed by atoms with Crippen molar-refractivity contribution < 1.29 is 4.39 Å². The van der Waals surface area contributed by atoms with Crippen molar-refractivity contribution in [1.82, 2.24) is 4.90 Å². The Kier molecular flexibility index (Phi) is 2.03. The van der Waals surface area contributed by atoms with Crippen LogP contribution in [-0.2, 0) is 0 Å². The van der Waals surface area contributed by atoms with Crippen LogP contribution < -0.4 is 5.73 Å². The Morgan fingerprint density at radius 1 is 1.67 bits per heavy atom. The Bertz CT molecular complexity index is 97.1. The molecule has 0 bridgehead atoms. The molecule has 1 saturated heterocycles. The van der Waals surface area contributed by atoms with Crippen LogP contribution in [0.25, 0.3) is 0 Å². The quantitative estimate of drug-likeness (QED) is 0.537. The lowest BCUT2D eigenvalue weighted by molar-refractivity contribution is 0.335. The van der Waals surface area contributed by atoms with E-state index in [1.165, 1.54) is 0 Å². The number of halogens is 1. The van der Waals surface area contributed by atoms with E-state index < -0.39 is 0 Å². The molecule has 0 unspecified atom stereocenters. The number of nitrogens with two attached hydrogens (primary N) is 1. The fourth-order valence-corrected chi connectivity index (χ4v) is 1.28. The number of likely N-dealkylation sites (tertiary alicyclic amines) is 1. The summed E-state index contributed by atoms with van der Waals surface area (Å²) in [6, 6.07) is 0.0556. The Balaban J connectivity index is 2.38. The second-order valence-corrected chi connectivity index (χ2v) is 2.80. The predicted octanol–water partition coefficient (Wildman–Crippen LogP) is -0.155. The zero-order valence-electron chi connectivity index (χ0n) is 5.68. The highest BCUT2D eigenvalue weighted by Gasteiger charge is 2.27. The largest absolute Gasteiger partial charge is 0.326 e. The maximum Gasteiger partial charge on any atom is 0.0950 e. The summed E-state index contributed by atoms with van der Waals surface area (Å²) in [5.41, 5.74) is 5.60. The third-order valence-corrected chi connectivity index (χ3v) is 1.87. The smallest absolute Gasteiger partial charge is 0.0950 e. The molecule has 0 spiro atoms. The van der Waals surface area contributed by atoms with Crippen molar-refractivity contribution >= 4 is 0 Å². The molecule has 2 nitrogen and oxygen atoms in total. The molecule has 1 heterocycles. The van der Waals surface area contributed by atoms with Gasteiger partial charge in [-0.15, -0.1) is 0 Å². The SMILES string of the molecule is CN1C[C@H](CF)[C@H](N)C1. The van der Waals surface area contributed by atoms with Crippen molar-refractivity contribution in [2.45, 2.75) is 6.04 Å². The van der Waals surface area contributed by atoms with Gasteiger partial charge in [-0.05, 0) is 7.05 Å². The Morgan fingerprint density at radius 2 is 2.33 bits per heavy atom. The van der Waals surface area contributed by atoms with Crippen LogP contribution in [0.1, 0.15) is 0 Å².